The van der Waals surface area contributed by atoms with Gasteiger partial charge in [-0.15, -0.1) is 0 Å². The number of carbonyl (C=O) groups is 2. The lowest BCUT2D eigenvalue weighted by atomic mass is 10.2. The molecule has 1 aromatic carbocycles. The normalized spacial score (nSPS) is 10.6. The summed E-state index contributed by atoms with van der Waals surface area (Å²) in [5, 5.41) is 6.32. The third-order valence-electron chi connectivity index (χ3n) is 3.70. The molecule has 8 heteroatoms. The van der Waals surface area contributed by atoms with Crippen molar-refractivity contribution in [3.8, 4) is 0 Å². The number of aromatic nitrogens is 1. The molecule has 0 aliphatic carbocycles. The van der Waals surface area contributed by atoms with E-state index in [0.29, 0.717) is 37.8 Å². The highest BCUT2D eigenvalue weighted by Gasteiger charge is 2.18. The fourth-order valence-electron chi connectivity index (χ4n) is 2.39. The Hall–Kier alpha value is -2.71. The van der Waals surface area contributed by atoms with Gasteiger partial charge >= 0.3 is 0 Å². The first kappa shape index (κ1) is 20.6. The van der Waals surface area contributed by atoms with Gasteiger partial charge < -0.3 is 24.2 Å². The van der Waals surface area contributed by atoms with Crippen LogP contribution in [0.2, 0.25) is 0 Å². The van der Waals surface area contributed by atoms with Gasteiger partial charge in [-0.25, -0.2) is 0 Å². The van der Waals surface area contributed by atoms with Gasteiger partial charge in [0.15, 0.2) is 5.82 Å². The lowest BCUT2D eigenvalue weighted by Gasteiger charge is -2.22. The monoisotopic (exact) mass is 375 g/mol. The van der Waals surface area contributed by atoms with E-state index >= 15 is 0 Å². The molecule has 0 fully saturated rings. The Labute approximate surface area is 158 Å². The van der Waals surface area contributed by atoms with Crippen LogP contribution in [0.1, 0.15) is 17.7 Å². The third kappa shape index (κ3) is 7.59. The van der Waals surface area contributed by atoms with Gasteiger partial charge in [0.25, 0.3) is 0 Å². The van der Waals surface area contributed by atoms with Gasteiger partial charge in [-0.05, 0) is 18.9 Å². The zero-order valence-electron chi connectivity index (χ0n) is 15.6. The standard InChI is InChI=1S/C19H25N3O5/c1-15-11-17(21-27-15)20-18(23)12-22(9-6-10-25-2)19(24)14-26-13-16-7-4-3-5-8-16/h3-5,7-8,11H,6,9-10,12-14H2,1-2H3,(H,20,21,23). The summed E-state index contributed by atoms with van der Waals surface area (Å²) in [4.78, 5) is 26.1. The number of rotatable bonds is 11. The Morgan fingerprint density at radius 3 is 2.70 bits per heavy atom. The van der Waals surface area contributed by atoms with Gasteiger partial charge in [-0.3, -0.25) is 9.59 Å². The van der Waals surface area contributed by atoms with Crippen molar-refractivity contribution < 1.29 is 23.6 Å². The first-order valence-electron chi connectivity index (χ1n) is 8.70. The van der Waals surface area contributed by atoms with Crippen molar-refractivity contribution >= 4 is 17.6 Å². The SMILES string of the molecule is COCCCN(CC(=O)Nc1cc(C)on1)C(=O)COCc1ccccc1. The molecular weight excluding hydrogens is 350 g/mol. The second-order valence-electron chi connectivity index (χ2n) is 6.01. The summed E-state index contributed by atoms with van der Waals surface area (Å²) in [5.41, 5.74) is 0.982. The molecule has 0 saturated heterocycles. The summed E-state index contributed by atoms with van der Waals surface area (Å²) in [7, 11) is 1.59. The van der Waals surface area contributed by atoms with Gasteiger partial charge in [0, 0.05) is 26.3 Å². The molecule has 8 nitrogen and oxygen atoms in total. The topological polar surface area (TPSA) is 93.9 Å². The number of aryl methyl sites for hydroxylation is 1. The Kier molecular flexibility index (Phi) is 8.47. The van der Waals surface area contributed by atoms with Crippen molar-refractivity contribution in [1.82, 2.24) is 10.1 Å². The lowest BCUT2D eigenvalue weighted by Crippen LogP contribution is -2.41. The van der Waals surface area contributed by atoms with Crippen LogP contribution in [0.25, 0.3) is 0 Å². The van der Waals surface area contributed by atoms with Crippen molar-refractivity contribution in [2.75, 3.05) is 38.7 Å². The van der Waals surface area contributed by atoms with Gasteiger partial charge in [-0.2, -0.15) is 0 Å². The average Bonchev–Trinajstić information content (AvgIpc) is 3.06. The van der Waals surface area contributed by atoms with E-state index in [1.807, 2.05) is 30.3 Å². The fourth-order valence-corrected chi connectivity index (χ4v) is 2.39. The highest BCUT2D eigenvalue weighted by molar-refractivity contribution is 5.93. The zero-order valence-corrected chi connectivity index (χ0v) is 15.6. The molecule has 0 radical (unpaired) electrons. The van der Waals surface area contributed by atoms with E-state index in [1.54, 1.807) is 20.1 Å². The van der Waals surface area contributed by atoms with Gasteiger partial charge in [-0.1, -0.05) is 35.5 Å². The zero-order chi connectivity index (χ0) is 19.5. The summed E-state index contributed by atoms with van der Waals surface area (Å²) < 4.78 is 15.4. The molecule has 0 aliphatic heterocycles. The van der Waals surface area contributed by atoms with Crippen molar-refractivity contribution in [3.05, 3.63) is 47.7 Å². The Morgan fingerprint density at radius 2 is 2.04 bits per heavy atom. The quantitative estimate of drug-likeness (QED) is 0.604. The number of nitrogens with one attached hydrogen (secondary N) is 1. The van der Waals surface area contributed by atoms with Gasteiger partial charge in [0.1, 0.15) is 12.4 Å². The number of anilines is 1. The van der Waals surface area contributed by atoms with Crippen molar-refractivity contribution in [2.45, 2.75) is 20.0 Å². The van der Waals surface area contributed by atoms with E-state index in [2.05, 4.69) is 10.5 Å². The molecule has 1 heterocycles. The highest BCUT2D eigenvalue weighted by atomic mass is 16.5. The number of ether oxygens (including phenoxy) is 2. The molecule has 0 bridgehead atoms. The summed E-state index contributed by atoms with van der Waals surface area (Å²) in [6.07, 6.45) is 0.622. The van der Waals surface area contributed by atoms with E-state index in [4.69, 9.17) is 14.0 Å². The first-order valence-corrected chi connectivity index (χ1v) is 8.70. The number of carbonyl (C=O) groups excluding carboxylic acids is 2. The molecule has 2 aromatic rings. The van der Waals surface area contributed by atoms with E-state index in [-0.39, 0.29) is 25.0 Å². The maximum atomic E-state index is 12.5. The number of nitrogens with zero attached hydrogens (tertiary/aromatic N) is 2. The maximum absolute atomic E-state index is 12.5. The smallest absolute Gasteiger partial charge is 0.249 e. The molecule has 27 heavy (non-hydrogen) atoms. The minimum atomic E-state index is -0.350. The van der Waals surface area contributed by atoms with E-state index in [9.17, 15) is 9.59 Å². The van der Waals surface area contributed by atoms with Crippen LogP contribution < -0.4 is 5.32 Å². The van der Waals surface area contributed by atoms with Crippen LogP contribution in [-0.2, 0) is 25.7 Å². The fraction of sp³-hybridized carbons (Fsp3) is 0.421. The molecule has 1 aromatic heterocycles. The first-order chi connectivity index (χ1) is 13.1. The molecule has 0 spiro atoms. The number of methoxy groups -OCH3 is 1. The number of amides is 2. The van der Waals surface area contributed by atoms with Crippen LogP contribution in [0.4, 0.5) is 5.82 Å². The van der Waals surface area contributed by atoms with Crippen LogP contribution in [-0.4, -0.2) is 55.3 Å². The summed E-state index contributed by atoms with van der Waals surface area (Å²) in [6.45, 7) is 2.77. The van der Waals surface area contributed by atoms with Crippen LogP contribution in [0.5, 0.6) is 0 Å². The molecule has 1 N–H and O–H groups in total. The molecule has 0 unspecified atom stereocenters. The Morgan fingerprint density at radius 1 is 1.26 bits per heavy atom. The van der Waals surface area contributed by atoms with Crippen LogP contribution in [0, 0.1) is 6.92 Å². The molecule has 0 aliphatic rings. The average molecular weight is 375 g/mol. The molecule has 2 rings (SSSR count). The lowest BCUT2D eigenvalue weighted by molar-refractivity contribution is -0.139. The Bertz CT molecular complexity index is 717. The molecule has 0 atom stereocenters. The minimum absolute atomic E-state index is 0.0941. The highest BCUT2D eigenvalue weighted by Crippen LogP contribution is 2.07. The van der Waals surface area contributed by atoms with E-state index < -0.39 is 0 Å². The van der Waals surface area contributed by atoms with Crippen molar-refractivity contribution in [3.63, 3.8) is 0 Å². The van der Waals surface area contributed by atoms with E-state index in [0.717, 1.165) is 5.56 Å². The number of hydrogen-bond acceptors (Lipinski definition) is 6. The summed E-state index contributed by atoms with van der Waals surface area (Å²) in [5.74, 6) is 0.306. The van der Waals surface area contributed by atoms with Gasteiger partial charge in [0.05, 0.1) is 13.2 Å². The van der Waals surface area contributed by atoms with Crippen LogP contribution >= 0.6 is 0 Å². The van der Waals surface area contributed by atoms with Crippen LogP contribution in [0.3, 0.4) is 0 Å². The predicted molar refractivity (Wildman–Crippen MR) is 99.0 cm³/mol. The predicted octanol–water partition coefficient (Wildman–Crippen LogP) is 2.00. The Balaban J connectivity index is 1.85. The minimum Gasteiger partial charge on any atom is -0.385 e. The molecule has 146 valence electrons. The number of hydrogen-bond donors (Lipinski definition) is 1. The van der Waals surface area contributed by atoms with Gasteiger partial charge in [0.2, 0.25) is 11.8 Å². The molecular formula is C19H25N3O5. The molecule has 2 amide bonds. The summed E-state index contributed by atoms with van der Waals surface area (Å²) >= 11 is 0. The van der Waals surface area contributed by atoms with E-state index in [1.165, 1.54) is 4.90 Å². The maximum Gasteiger partial charge on any atom is 0.249 e. The largest absolute Gasteiger partial charge is 0.385 e. The van der Waals surface area contributed by atoms with Crippen molar-refractivity contribution in [1.29, 1.82) is 0 Å². The van der Waals surface area contributed by atoms with Crippen LogP contribution in [0.15, 0.2) is 40.9 Å². The second kappa shape index (κ2) is 11.1. The number of benzene rings is 1. The third-order valence-corrected chi connectivity index (χ3v) is 3.70. The van der Waals surface area contributed by atoms with Crippen molar-refractivity contribution in [2.24, 2.45) is 0 Å². The second-order valence-corrected chi connectivity index (χ2v) is 6.01. The summed E-state index contributed by atoms with van der Waals surface area (Å²) in [6, 6.07) is 11.2. The molecule has 0 saturated carbocycles.